The highest BCUT2D eigenvalue weighted by molar-refractivity contribution is 6.01. The van der Waals surface area contributed by atoms with Gasteiger partial charge < -0.3 is 5.11 Å². The lowest BCUT2D eigenvalue weighted by atomic mass is 9.46. The summed E-state index contributed by atoms with van der Waals surface area (Å²) in [7, 11) is 0. The van der Waals surface area contributed by atoms with Crippen molar-refractivity contribution in [3.05, 3.63) is 23.8 Å². The zero-order valence-corrected chi connectivity index (χ0v) is 14.7. The van der Waals surface area contributed by atoms with Gasteiger partial charge in [-0.2, -0.15) is 0 Å². The third kappa shape index (κ3) is 1.67. The summed E-state index contributed by atoms with van der Waals surface area (Å²) in [5.41, 5.74) is 2.68. The van der Waals surface area contributed by atoms with Gasteiger partial charge in [0.2, 0.25) is 0 Å². The summed E-state index contributed by atoms with van der Waals surface area (Å²) < 4.78 is 0. The van der Waals surface area contributed by atoms with Crippen LogP contribution in [0.2, 0.25) is 0 Å². The van der Waals surface area contributed by atoms with Crippen molar-refractivity contribution in [1.82, 2.24) is 0 Å². The molecule has 7 atom stereocenters. The van der Waals surface area contributed by atoms with E-state index in [1.54, 1.807) is 6.08 Å². The molecule has 128 valence electrons. The summed E-state index contributed by atoms with van der Waals surface area (Å²) in [5, 5.41) is 11.3. The summed E-state index contributed by atoms with van der Waals surface area (Å²) in [4.78, 5) is 16.6. The number of allylic oxidation sites excluding steroid dienone is 4. The molecule has 0 radical (unpaired) electrons. The first kappa shape index (κ1) is 15.1. The number of rotatable bonds is 0. The van der Waals surface area contributed by atoms with E-state index >= 15 is 0 Å². The summed E-state index contributed by atoms with van der Waals surface area (Å²) >= 11 is 0. The largest absolute Gasteiger partial charge is 0.393 e. The lowest BCUT2D eigenvalue weighted by molar-refractivity contribution is -0.115. The van der Waals surface area contributed by atoms with Gasteiger partial charge in [-0.15, -0.1) is 0 Å². The van der Waals surface area contributed by atoms with E-state index in [1.165, 1.54) is 24.1 Å². The maximum atomic E-state index is 11.8. The van der Waals surface area contributed by atoms with Crippen LogP contribution in [0.5, 0.6) is 0 Å². The van der Waals surface area contributed by atoms with Gasteiger partial charge in [-0.25, -0.2) is 0 Å². The average Bonchev–Trinajstić information content (AvgIpc) is 3.05. The molecule has 5 aliphatic rings. The molecule has 0 amide bonds. The number of carbonyl (C=O) groups excluding carboxylic acids is 1. The minimum Gasteiger partial charge on any atom is -0.393 e. The van der Waals surface area contributed by atoms with Gasteiger partial charge >= 0.3 is 0 Å². The van der Waals surface area contributed by atoms with Crippen LogP contribution in [0.25, 0.3) is 0 Å². The van der Waals surface area contributed by atoms with Gasteiger partial charge in [0, 0.05) is 34.9 Å². The molecule has 1 N–H and O–H groups in total. The van der Waals surface area contributed by atoms with Crippen molar-refractivity contribution in [1.29, 1.82) is 0 Å². The second kappa shape index (κ2) is 4.69. The van der Waals surface area contributed by atoms with Crippen LogP contribution in [0, 0.1) is 34.5 Å². The molecule has 1 heterocycles. The molecule has 0 aromatic heterocycles. The first-order chi connectivity index (χ1) is 11.5. The number of ketones is 1. The van der Waals surface area contributed by atoms with E-state index in [4.69, 9.17) is 4.99 Å². The monoisotopic (exact) mass is 325 g/mol. The molecular formula is C21H27NO2. The minimum atomic E-state index is -0.278. The SMILES string of the molecule is CC1=NC[C@]23C[C@@H](O)[C@@H]4[C@@H](CCC5=CC(=O)C=C[C@@]54C)[C@H]2CC[C@H]13. The third-order valence-electron chi connectivity index (χ3n) is 8.35. The smallest absolute Gasteiger partial charge is 0.178 e. The van der Waals surface area contributed by atoms with Crippen LogP contribution in [0.1, 0.15) is 46.0 Å². The van der Waals surface area contributed by atoms with Gasteiger partial charge in [0.05, 0.1) is 6.10 Å². The standard InChI is InChI=1S/C21H27NO2/c1-12-16-5-6-17-15-4-3-13-9-14(23)7-8-20(13,2)19(15)18(24)10-21(16,17)11-22-12/h7-9,15-19,24H,3-6,10-11H2,1-2H3/t15-,16+,17+,18+,19-,20-,21-/m0/s1. The minimum absolute atomic E-state index is 0.114. The first-order valence-corrected chi connectivity index (χ1v) is 9.59. The van der Waals surface area contributed by atoms with E-state index < -0.39 is 0 Å². The number of nitrogens with zero attached hydrogens (tertiary/aromatic N) is 1. The average molecular weight is 325 g/mol. The highest BCUT2D eigenvalue weighted by Gasteiger charge is 2.64. The van der Waals surface area contributed by atoms with Crippen LogP contribution >= 0.6 is 0 Å². The normalized spacial score (nSPS) is 52.1. The lowest BCUT2D eigenvalue weighted by Gasteiger charge is -2.58. The molecule has 3 heteroatoms. The predicted molar refractivity (Wildman–Crippen MR) is 93.8 cm³/mol. The number of aliphatic hydroxyl groups excluding tert-OH is 1. The van der Waals surface area contributed by atoms with E-state index in [0.717, 1.165) is 25.8 Å². The molecule has 0 aromatic rings. The fourth-order valence-corrected chi connectivity index (χ4v) is 7.42. The van der Waals surface area contributed by atoms with E-state index in [0.29, 0.717) is 17.8 Å². The Morgan fingerprint density at radius 1 is 1.29 bits per heavy atom. The molecule has 24 heavy (non-hydrogen) atoms. The van der Waals surface area contributed by atoms with E-state index in [-0.39, 0.29) is 28.6 Å². The Labute approximate surface area is 143 Å². The number of aliphatic imine (C=N–C) groups is 1. The molecule has 0 aromatic carbocycles. The van der Waals surface area contributed by atoms with Crippen molar-refractivity contribution in [3.63, 3.8) is 0 Å². The molecular weight excluding hydrogens is 298 g/mol. The quantitative estimate of drug-likeness (QED) is 0.742. The molecule has 0 bridgehead atoms. The van der Waals surface area contributed by atoms with Crippen molar-refractivity contribution < 1.29 is 9.90 Å². The molecule has 1 aliphatic heterocycles. The molecule has 1 spiro atoms. The Balaban J connectivity index is 1.56. The summed E-state index contributed by atoms with van der Waals surface area (Å²) in [6.45, 7) is 5.38. The number of aliphatic hydroxyl groups is 1. The molecule has 4 aliphatic carbocycles. The van der Waals surface area contributed by atoms with Gasteiger partial charge in [0.1, 0.15) is 0 Å². The second-order valence-electron chi connectivity index (χ2n) is 9.11. The maximum Gasteiger partial charge on any atom is 0.178 e. The molecule has 3 nitrogen and oxygen atoms in total. The van der Waals surface area contributed by atoms with E-state index in [9.17, 15) is 9.90 Å². The van der Waals surface area contributed by atoms with Crippen LogP contribution in [-0.2, 0) is 4.79 Å². The zero-order valence-electron chi connectivity index (χ0n) is 14.7. The van der Waals surface area contributed by atoms with Crippen molar-refractivity contribution in [2.24, 2.45) is 39.5 Å². The zero-order chi connectivity index (χ0) is 16.7. The van der Waals surface area contributed by atoms with E-state index in [2.05, 4.69) is 19.9 Å². The van der Waals surface area contributed by atoms with Crippen LogP contribution in [-0.4, -0.2) is 29.3 Å². The molecule has 3 fully saturated rings. The molecule has 0 saturated heterocycles. The fourth-order valence-electron chi connectivity index (χ4n) is 7.42. The third-order valence-corrected chi connectivity index (χ3v) is 8.35. The van der Waals surface area contributed by atoms with Crippen molar-refractivity contribution in [2.45, 2.75) is 52.1 Å². The van der Waals surface area contributed by atoms with Crippen molar-refractivity contribution in [2.75, 3.05) is 6.54 Å². The van der Waals surface area contributed by atoms with Gasteiger partial charge in [0.25, 0.3) is 0 Å². The second-order valence-corrected chi connectivity index (χ2v) is 9.11. The Hall–Kier alpha value is -1.22. The lowest BCUT2D eigenvalue weighted by Crippen LogP contribution is -2.57. The summed E-state index contributed by atoms with van der Waals surface area (Å²) in [6.07, 6.45) is 11.0. The Kier molecular flexibility index (Phi) is 2.94. The van der Waals surface area contributed by atoms with E-state index in [1.807, 2.05) is 6.08 Å². The number of hydrogen-bond acceptors (Lipinski definition) is 3. The van der Waals surface area contributed by atoms with Crippen LogP contribution < -0.4 is 0 Å². The number of carbonyl (C=O) groups is 1. The van der Waals surface area contributed by atoms with Crippen molar-refractivity contribution in [3.8, 4) is 0 Å². The molecule has 3 saturated carbocycles. The highest BCUT2D eigenvalue weighted by atomic mass is 16.3. The van der Waals surface area contributed by atoms with Crippen molar-refractivity contribution >= 4 is 11.5 Å². The maximum absolute atomic E-state index is 11.8. The topological polar surface area (TPSA) is 49.7 Å². The highest BCUT2D eigenvalue weighted by Crippen LogP contribution is 2.67. The summed E-state index contributed by atoms with van der Waals surface area (Å²) in [6, 6.07) is 0. The number of hydrogen-bond donors (Lipinski definition) is 1. The number of fused-ring (bicyclic) bond motifs is 4. The molecule has 0 unspecified atom stereocenters. The van der Waals surface area contributed by atoms with Gasteiger partial charge in [-0.05, 0) is 63.0 Å². The fraction of sp³-hybridized carbons (Fsp3) is 0.714. The Morgan fingerprint density at radius 2 is 2.12 bits per heavy atom. The van der Waals surface area contributed by atoms with Crippen LogP contribution in [0.3, 0.4) is 0 Å². The summed E-state index contributed by atoms with van der Waals surface area (Å²) in [5.74, 6) is 2.24. The Morgan fingerprint density at radius 3 is 2.96 bits per heavy atom. The molecule has 5 rings (SSSR count). The van der Waals surface area contributed by atoms with Crippen LogP contribution in [0.15, 0.2) is 28.8 Å². The van der Waals surface area contributed by atoms with Crippen LogP contribution in [0.4, 0.5) is 0 Å². The Bertz CT molecular complexity index is 705. The van der Waals surface area contributed by atoms with Gasteiger partial charge in [-0.3, -0.25) is 9.79 Å². The van der Waals surface area contributed by atoms with Gasteiger partial charge in [0.15, 0.2) is 5.78 Å². The predicted octanol–water partition coefficient (Wildman–Crippen LogP) is 3.34. The first-order valence-electron chi connectivity index (χ1n) is 9.59. The van der Waals surface area contributed by atoms with Gasteiger partial charge in [-0.1, -0.05) is 18.6 Å².